The van der Waals surface area contributed by atoms with Crippen molar-refractivity contribution in [1.82, 2.24) is 34.7 Å². The van der Waals surface area contributed by atoms with Gasteiger partial charge in [-0.25, -0.2) is 9.97 Å². The minimum Gasteiger partial charge on any atom is -0.382 e. The van der Waals surface area contributed by atoms with Crippen LogP contribution in [-0.4, -0.2) is 54.3 Å². The number of carbonyl (C=O) groups excluding carboxylic acids is 1. The Morgan fingerprint density at radius 2 is 2.32 bits per heavy atom. The summed E-state index contributed by atoms with van der Waals surface area (Å²) in [5.41, 5.74) is 9.63. The molecule has 4 heterocycles. The van der Waals surface area contributed by atoms with Crippen molar-refractivity contribution in [2.45, 2.75) is 13.0 Å². The Morgan fingerprint density at radius 3 is 3.00 bits per heavy atom. The van der Waals surface area contributed by atoms with Crippen LogP contribution in [0.4, 0.5) is 5.82 Å². The normalized spacial score (nSPS) is 11.6. The van der Waals surface area contributed by atoms with Crippen molar-refractivity contribution in [2.24, 2.45) is 12.1 Å². The van der Waals surface area contributed by atoms with E-state index in [2.05, 4.69) is 30.3 Å². The molecule has 0 saturated heterocycles. The Kier molecular flexibility index (Phi) is 4.65. The second kappa shape index (κ2) is 7.27. The maximum atomic E-state index is 11.6. The summed E-state index contributed by atoms with van der Waals surface area (Å²) in [4.78, 5) is 23.3. The van der Waals surface area contributed by atoms with Gasteiger partial charge in [-0.2, -0.15) is 10.2 Å². The van der Waals surface area contributed by atoms with Gasteiger partial charge < -0.3 is 15.3 Å². The van der Waals surface area contributed by atoms with E-state index in [1.54, 1.807) is 39.7 Å². The number of nitrogens with two attached hydrogens (primary N) is 1. The number of thiazole rings is 1. The molecule has 0 aliphatic heterocycles. The van der Waals surface area contributed by atoms with Gasteiger partial charge in [0.15, 0.2) is 11.9 Å². The highest BCUT2D eigenvalue weighted by Gasteiger charge is 2.18. The molecule has 0 fully saturated rings. The zero-order valence-electron chi connectivity index (χ0n) is 15.4. The lowest BCUT2D eigenvalue weighted by molar-refractivity contribution is 0.111. The molecule has 0 aromatic carbocycles. The number of nitrogens with zero attached hydrogens (tertiary/aromatic N) is 6. The van der Waals surface area contributed by atoms with Gasteiger partial charge >= 0.3 is 0 Å². The second-order valence-electron chi connectivity index (χ2n) is 6.32. The number of nitrogen functional groups attached to an aromatic ring is 1. The number of rotatable bonds is 7. The first-order chi connectivity index (χ1) is 13.6. The van der Waals surface area contributed by atoms with Crippen molar-refractivity contribution in [1.29, 1.82) is 0 Å². The number of hydrazone groups is 1. The molecule has 28 heavy (non-hydrogen) atoms. The van der Waals surface area contributed by atoms with E-state index in [0.717, 1.165) is 38.6 Å². The summed E-state index contributed by atoms with van der Waals surface area (Å²) >= 11 is 1.55. The van der Waals surface area contributed by atoms with E-state index in [4.69, 9.17) is 5.73 Å². The van der Waals surface area contributed by atoms with E-state index in [1.807, 2.05) is 20.2 Å². The predicted octanol–water partition coefficient (Wildman–Crippen LogP) is 1.53. The molecule has 0 amide bonds. The third kappa shape index (κ3) is 3.27. The van der Waals surface area contributed by atoms with Crippen LogP contribution < -0.4 is 5.73 Å². The van der Waals surface area contributed by atoms with Gasteiger partial charge in [0, 0.05) is 38.0 Å². The third-order valence-electron chi connectivity index (χ3n) is 4.39. The molecule has 0 atom stereocenters. The Hall–Kier alpha value is -3.47. The average Bonchev–Trinajstić information content (AvgIpc) is 3.43. The van der Waals surface area contributed by atoms with E-state index < -0.39 is 0 Å². The summed E-state index contributed by atoms with van der Waals surface area (Å²) in [6.07, 6.45) is 6.44. The molecule has 144 valence electrons. The molecule has 0 spiro atoms. The topological polar surface area (TPSA) is 134 Å². The van der Waals surface area contributed by atoms with Gasteiger partial charge in [-0.05, 0) is 6.07 Å². The highest BCUT2D eigenvalue weighted by molar-refractivity contribution is 7.19. The first kappa shape index (κ1) is 17.9. The van der Waals surface area contributed by atoms with Gasteiger partial charge in [0.1, 0.15) is 10.8 Å². The van der Waals surface area contributed by atoms with Crippen molar-refractivity contribution >= 4 is 40.0 Å². The quantitative estimate of drug-likeness (QED) is 0.246. The zero-order chi connectivity index (χ0) is 19.7. The van der Waals surface area contributed by atoms with Crippen LogP contribution in [0.2, 0.25) is 0 Å². The number of aryl methyl sites for hydroxylation is 1. The summed E-state index contributed by atoms with van der Waals surface area (Å²) < 4.78 is 2.72. The monoisotopic (exact) mass is 397 g/mol. The second-order valence-corrected chi connectivity index (χ2v) is 7.41. The maximum absolute atomic E-state index is 11.6. The van der Waals surface area contributed by atoms with Gasteiger partial charge in [-0.1, -0.05) is 0 Å². The molecule has 4 rings (SSSR count). The molecule has 10 nitrogen and oxygen atoms in total. The van der Waals surface area contributed by atoms with E-state index >= 15 is 0 Å². The molecular formula is C17H19N9OS. The number of carbonyl (C=O) groups is 1. The molecule has 11 heteroatoms. The van der Waals surface area contributed by atoms with Crippen LogP contribution in [0.1, 0.15) is 32.4 Å². The van der Waals surface area contributed by atoms with Crippen molar-refractivity contribution in [2.75, 3.05) is 12.8 Å². The fourth-order valence-corrected chi connectivity index (χ4v) is 4.08. The fourth-order valence-electron chi connectivity index (χ4n) is 2.94. The Morgan fingerprint density at radius 1 is 1.46 bits per heavy atom. The molecule has 0 saturated carbocycles. The molecule has 0 unspecified atom stereocenters. The molecule has 0 radical (unpaired) electrons. The van der Waals surface area contributed by atoms with Crippen LogP contribution >= 0.6 is 11.3 Å². The van der Waals surface area contributed by atoms with Crippen LogP contribution in [0, 0.1) is 0 Å². The lowest BCUT2D eigenvalue weighted by Gasteiger charge is -2.11. The van der Waals surface area contributed by atoms with Gasteiger partial charge in [0.05, 0.1) is 35.2 Å². The number of nitrogens with one attached hydrogen (secondary N) is 2. The summed E-state index contributed by atoms with van der Waals surface area (Å²) in [6, 6.07) is 1.92. The predicted molar refractivity (Wildman–Crippen MR) is 107 cm³/mol. The molecule has 4 aromatic rings. The fraction of sp³-hybridized carbons (Fsp3) is 0.235. The number of aldehydes is 1. The van der Waals surface area contributed by atoms with Crippen molar-refractivity contribution in [3.05, 3.63) is 46.2 Å². The summed E-state index contributed by atoms with van der Waals surface area (Å²) in [5.74, 6) is 0.448. The number of H-pyrrole nitrogens is 2. The number of hydrogen-bond donors (Lipinski definition) is 3. The number of hydrogen-bond acceptors (Lipinski definition) is 8. The summed E-state index contributed by atoms with van der Waals surface area (Å²) in [5, 5.41) is 14.0. The van der Waals surface area contributed by atoms with Crippen molar-refractivity contribution in [3.63, 3.8) is 0 Å². The Balaban J connectivity index is 1.63. The van der Waals surface area contributed by atoms with Crippen LogP contribution in [0.15, 0.2) is 23.7 Å². The van der Waals surface area contributed by atoms with Gasteiger partial charge in [-0.3, -0.25) is 14.9 Å². The van der Waals surface area contributed by atoms with Crippen molar-refractivity contribution in [3.8, 4) is 0 Å². The number of imidazole rings is 1. The Bertz CT molecular complexity index is 1140. The van der Waals surface area contributed by atoms with E-state index in [9.17, 15) is 4.79 Å². The third-order valence-corrected chi connectivity index (χ3v) is 5.47. The van der Waals surface area contributed by atoms with E-state index in [-0.39, 0.29) is 0 Å². The highest BCUT2D eigenvalue weighted by atomic mass is 32.1. The summed E-state index contributed by atoms with van der Waals surface area (Å²) in [7, 11) is 3.66. The van der Waals surface area contributed by atoms with Crippen LogP contribution in [0.3, 0.4) is 0 Å². The molecule has 0 aliphatic rings. The zero-order valence-corrected chi connectivity index (χ0v) is 16.2. The number of aromatic amines is 2. The molecule has 4 N–H and O–H groups in total. The standard InChI is InChI=1S/C17H19N9OS/c1-25(7-12-16(18)20-9-19-12)22-6-11-13(8-27)26(2)17-15(11)28-14(23-17)5-10-3-4-21-24-10/h3-4,6,8-9H,5,7,18H2,1-2H3,(H,19,20)(H,21,24)/b22-6-. The van der Waals surface area contributed by atoms with Crippen LogP contribution in [0.25, 0.3) is 10.3 Å². The van der Waals surface area contributed by atoms with Crippen LogP contribution in [-0.2, 0) is 20.0 Å². The molecule has 0 bridgehead atoms. The molecule has 0 aliphatic carbocycles. The number of aromatic nitrogens is 6. The Labute approximate surface area is 164 Å². The lowest BCUT2D eigenvalue weighted by Crippen LogP contribution is -2.12. The van der Waals surface area contributed by atoms with Gasteiger partial charge in [-0.15, -0.1) is 11.3 Å². The SMILES string of the molecule is CN(Cc1[nH]cnc1N)/N=C\c1c(C=O)n(C)c2nc(Cc3ccn[nH]3)sc12. The van der Waals surface area contributed by atoms with Gasteiger partial charge in [0.25, 0.3) is 0 Å². The van der Waals surface area contributed by atoms with E-state index in [1.165, 1.54) is 0 Å². The smallest absolute Gasteiger partial charge is 0.167 e. The maximum Gasteiger partial charge on any atom is 0.167 e. The number of fused-ring (bicyclic) bond motifs is 1. The minimum atomic E-state index is 0.448. The van der Waals surface area contributed by atoms with E-state index in [0.29, 0.717) is 24.5 Å². The van der Waals surface area contributed by atoms with Crippen LogP contribution in [0.5, 0.6) is 0 Å². The van der Waals surface area contributed by atoms with Gasteiger partial charge in [0.2, 0.25) is 0 Å². The highest BCUT2D eigenvalue weighted by Crippen LogP contribution is 2.30. The van der Waals surface area contributed by atoms with Crippen molar-refractivity contribution < 1.29 is 4.79 Å². The summed E-state index contributed by atoms with van der Waals surface area (Å²) in [6.45, 7) is 0.475. The minimum absolute atomic E-state index is 0.448. The first-order valence-electron chi connectivity index (χ1n) is 8.51. The number of anilines is 1. The lowest BCUT2D eigenvalue weighted by atomic mass is 10.3. The first-order valence-corrected chi connectivity index (χ1v) is 9.32. The molecule has 4 aromatic heterocycles. The largest absolute Gasteiger partial charge is 0.382 e. The average molecular weight is 397 g/mol. The molecular weight excluding hydrogens is 378 g/mol.